The minimum atomic E-state index is 0.178. The summed E-state index contributed by atoms with van der Waals surface area (Å²) in [6.07, 6.45) is 5.44. The minimum Gasteiger partial charge on any atom is -0.493 e. The van der Waals surface area contributed by atoms with E-state index in [1.807, 2.05) is 0 Å². The normalized spacial score (nSPS) is 41.2. The van der Waals surface area contributed by atoms with E-state index in [0.29, 0.717) is 0 Å². The zero-order valence-corrected chi connectivity index (χ0v) is 13.1. The smallest absolute Gasteiger partial charge is 0.127 e. The maximum absolute atomic E-state index is 6.68. The second kappa shape index (κ2) is 4.01. The predicted molar refractivity (Wildman–Crippen MR) is 81.6 cm³/mol. The molecular formula is C17H20BrNO. The molecule has 1 aliphatic heterocycles. The SMILES string of the molecule is NC(c1cc(Br)cc2c1OCC2)C1C2C3CCC(C3)C21. The van der Waals surface area contributed by atoms with Gasteiger partial charge in [-0.15, -0.1) is 0 Å². The Morgan fingerprint density at radius 3 is 2.70 bits per heavy atom. The van der Waals surface area contributed by atoms with E-state index in [4.69, 9.17) is 10.5 Å². The van der Waals surface area contributed by atoms with Crippen molar-refractivity contribution in [3.63, 3.8) is 0 Å². The topological polar surface area (TPSA) is 35.2 Å². The number of fused-ring (bicyclic) bond motifs is 6. The van der Waals surface area contributed by atoms with Gasteiger partial charge in [0.1, 0.15) is 5.75 Å². The number of rotatable bonds is 2. The summed E-state index contributed by atoms with van der Waals surface area (Å²) >= 11 is 3.64. The molecule has 3 heteroatoms. The van der Waals surface area contributed by atoms with Gasteiger partial charge in [-0.2, -0.15) is 0 Å². The van der Waals surface area contributed by atoms with Crippen LogP contribution in [0.5, 0.6) is 5.75 Å². The fourth-order valence-corrected chi connectivity index (χ4v) is 6.15. The van der Waals surface area contributed by atoms with Crippen LogP contribution in [0, 0.1) is 29.6 Å². The summed E-state index contributed by atoms with van der Waals surface area (Å²) in [4.78, 5) is 0. The molecule has 2 bridgehead atoms. The van der Waals surface area contributed by atoms with E-state index >= 15 is 0 Å². The number of nitrogens with two attached hydrogens (primary N) is 1. The monoisotopic (exact) mass is 333 g/mol. The first-order chi connectivity index (χ1) is 9.74. The summed E-state index contributed by atoms with van der Waals surface area (Å²) in [6, 6.07) is 4.57. The van der Waals surface area contributed by atoms with Crippen LogP contribution in [0.25, 0.3) is 0 Å². The number of benzene rings is 1. The number of ether oxygens (including phenoxy) is 1. The molecule has 0 saturated heterocycles. The molecule has 3 saturated carbocycles. The maximum Gasteiger partial charge on any atom is 0.127 e. The fourth-order valence-electron chi connectivity index (χ4n) is 5.63. The zero-order valence-electron chi connectivity index (χ0n) is 11.5. The quantitative estimate of drug-likeness (QED) is 0.896. The molecule has 0 radical (unpaired) electrons. The lowest BCUT2D eigenvalue weighted by Crippen LogP contribution is -2.18. The Morgan fingerprint density at radius 1 is 1.20 bits per heavy atom. The molecule has 0 aromatic heterocycles. The molecule has 106 valence electrons. The van der Waals surface area contributed by atoms with Gasteiger partial charge in [0.25, 0.3) is 0 Å². The Bertz CT molecular complexity index is 571. The Labute approximate surface area is 128 Å². The molecule has 5 rings (SSSR count). The van der Waals surface area contributed by atoms with Gasteiger partial charge in [-0.25, -0.2) is 0 Å². The van der Waals surface area contributed by atoms with Crippen LogP contribution in [0.15, 0.2) is 16.6 Å². The number of hydrogen-bond acceptors (Lipinski definition) is 2. The van der Waals surface area contributed by atoms with Crippen molar-refractivity contribution >= 4 is 15.9 Å². The predicted octanol–water partition coefficient (Wildman–Crippen LogP) is 3.68. The van der Waals surface area contributed by atoms with Crippen molar-refractivity contribution in [1.82, 2.24) is 0 Å². The molecule has 2 N–H and O–H groups in total. The second-order valence-corrected chi connectivity index (χ2v) is 8.09. The first-order valence-electron chi connectivity index (χ1n) is 7.95. The van der Waals surface area contributed by atoms with Gasteiger partial charge in [-0.1, -0.05) is 15.9 Å². The highest BCUT2D eigenvalue weighted by Crippen LogP contribution is 2.72. The van der Waals surface area contributed by atoms with Crippen LogP contribution in [0.1, 0.15) is 36.4 Å². The van der Waals surface area contributed by atoms with E-state index in [1.54, 1.807) is 0 Å². The number of halogens is 1. The Kier molecular flexibility index (Phi) is 2.42. The molecule has 0 spiro atoms. The van der Waals surface area contributed by atoms with Crippen molar-refractivity contribution in [2.45, 2.75) is 31.7 Å². The maximum atomic E-state index is 6.68. The van der Waals surface area contributed by atoms with Crippen LogP contribution in [0.4, 0.5) is 0 Å². The Balaban J connectivity index is 1.49. The molecule has 1 aromatic carbocycles. The molecule has 20 heavy (non-hydrogen) atoms. The number of hydrogen-bond donors (Lipinski definition) is 1. The highest BCUT2D eigenvalue weighted by Gasteiger charge is 2.66. The molecule has 1 aromatic rings. The fraction of sp³-hybridized carbons (Fsp3) is 0.647. The molecule has 2 nitrogen and oxygen atoms in total. The van der Waals surface area contributed by atoms with E-state index < -0.39 is 0 Å². The van der Waals surface area contributed by atoms with Crippen LogP contribution in [0.2, 0.25) is 0 Å². The molecule has 0 amide bonds. The van der Waals surface area contributed by atoms with Crippen molar-refractivity contribution in [1.29, 1.82) is 0 Å². The van der Waals surface area contributed by atoms with Gasteiger partial charge in [0.2, 0.25) is 0 Å². The summed E-state index contributed by atoms with van der Waals surface area (Å²) in [7, 11) is 0. The highest BCUT2D eigenvalue weighted by molar-refractivity contribution is 9.10. The summed E-state index contributed by atoms with van der Waals surface area (Å²) < 4.78 is 7.03. The van der Waals surface area contributed by atoms with Gasteiger partial charge < -0.3 is 10.5 Å². The largest absolute Gasteiger partial charge is 0.493 e. The molecule has 3 aliphatic carbocycles. The minimum absolute atomic E-state index is 0.178. The van der Waals surface area contributed by atoms with Crippen LogP contribution < -0.4 is 10.5 Å². The lowest BCUT2D eigenvalue weighted by molar-refractivity contribution is 0.344. The van der Waals surface area contributed by atoms with Crippen LogP contribution in [0.3, 0.4) is 0 Å². The molecule has 1 heterocycles. The van der Waals surface area contributed by atoms with Crippen molar-refractivity contribution in [2.24, 2.45) is 35.3 Å². The average Bonchev–Trinajstić information content (AvgIpc) is 2.84. The van der Waals surface area contributed by atoms with Crippen molar-refractivity contribution in [2.75, 3.05) is 6.61 Å². The first kappa shape index (κ1) is 12.0. The van der Waals surface area contributed by atoms with Gasteiger partial charge in [0.05, 0.1) is 6.61 Å². The van der Waals surface area contributed by atoms with E-state index in [-0.39, 0.29) is 6.04 Å². The second-order valence-electron chi connectivity index (χ2n) is 7.17. The van der Waals surface area contributed by atoms with Gasteiger partial charge in [-0.3, -0.25) is 0 Å². The summed E-state index contributed by atoms with van der Waals surface area (Å²) in [6.45, 7) is 0.814. The van der Waals surface area contributed by atoms with Gasteiger partial charge >= 0.3 is 0 Å². The van der Waals surface area contributed by atoms with Gasteiger partial charge in [0, 0.05) is 22.5 Å². The van der Waals surface area contributed by atoms with Crippen LogP contribution in [-0.4, -0.2) is 6.61 Å². The summed E-state index contributed by atoms with van der Waals surface area (Å²) in [5, 5.41) is 0. The third kappa shape index (κ3) is 1.48. The van der Waals surface area contributed by atoms with Crippen LogP contribution >= 0.6 is 15.9 Å². The highest BCUT2D eigenvalue weighted by atomic mass is 79.9. The lowest BCUT2D eigenvalue weighted by Gasteiger charge is -2.19. The van der Waals surface area contributed by atoms with E-state index in [9.17, 15) is 0 Å². The van der Waals surface area contributed by atoms with Gasteiger partial charge in [-0.05, 0) is 66.5 Å². The molecular weight excluding hydrogens is 314 g/mol. The molecule has 5 unspecified atom stereocenters. The average molecular weight is 334 g/mol. The summed E-state index contributed by atoms with van der Waals surface area (Å²) in [5.41, 5.74) is 9.27. The summed E-state index contributed by atoms with van der Waals surface area (Å²) in [5.74, 6) is 5.66. The molecule has 3 fully saturated rings. The Morgan fingerprint density at radius 2 is 1.95 bits per heavy atom. The van der Waals surface area contributed by atoms with E-state index in [0.717, 1.165) is 52.8 Å². The van der Waals surface area contributed by atoms with Crippen molar-refractivity contribution < 1.29 is 4.74 Å². The zero-order chi connectivity index (χ0) is 13.4. The van der Waals surface area contributed by atoms with E-state index in [2.05, 4.69) is 28.1 Å². The lowest BCUT2D eigenvalue weighted by atomic mass is 9.92. The van der Waals surface area contributed by atoms with E-state index in [1.165, 1.54) is 30.4 Å². The van der Waals surface area contributed by atoms with Crippen molar-refractivity contribution in [3.05, 3.63) is 27.7 Å². The first-order valence-corrected chi connectivity index (χ1v) is 8.74. The third-order valence-corrected chi connectivity index (χ3v) is 6.80. The van der Waals surface area contributed by atoms with Crippen molar-refractivity contribution in [3.8, 4) is 5.75 Å². The third-order valence-electron chi connectivity index (χ3n) is 6.35. The standard InChI is InChI=1S/C17H20BrNO/c18-11-6-10-3-4-20-17(10)12(7-11)16(19)15-13-8-1-2-9(5-8)14(13)15/h6-9,13-16H,1-5,19H2. The van der Waals surface area contributed by atoms with Crippen LogP contribution in [-0.2, 0) is 6.42 Å². The molecule has 4 aliphatic rings. The Hall–Kier alpha value is -0.540. The van der Waals surface area contributed by atoms with Gasteiger partial charge in [0.15, 0.2) is 0 Å². The molecule has 5 atom stereocenters.